The largest absolute Gasteiger partial charge is 0.389 e. The summed E-state index contributed by atoms with van der Waals surface area (Å²) < 4.78 is 1.68. The third kappa shape index (κ3) is 4.58. The number of hydrogen-bond acceptors (Lipinski definition) is 3. The summed E-state index contributed by atoms with van der Waals surface area (Å²) >= 11 is 0. The van der Waals surface area contributed by atoms with E-state index in [-0.39, 0.29) is 12.5 Å². The molecule has 1 heterocycles. The van der Waals surface area contributed by atoms with E-state index < -0.39 is 5.60 Å². The van der Waals surface area contributed by atoms with Crippen molar-refractivity contribution in [2.45, 2.75) is 26.0 Å². The maximum atomic E-state index is 13.0. The number of amides is 1. The van der Waals surface area contributed by atoms with Gasteiger partial charge in [0.25, 0.3) is 5.91 Å². The topological polar surface area (TPSA) is 58.4 Å². The van der Waals surface area contributed by atoms with Crippen LogP contribution in [0.5, 0.6) is 0 Å². The van der Waals surface area contributed by atoms with Crippen molar-refractivity contribution in [1.29, 1.82) is 0 Å². The fourth-order valence-corrected chi connectivity index (χ4v) is 2.79. The molecule has 0 radical (unpaired) electrons. The molecule has 0 bridgehead atoms. The molecular weight excluding hydrogens is 326 g/mol. The molecule has 1 N–H and O–H groups in total. The molecule has 2 aromatic carbocycles. The summed E-state index contributed by atoms with van der Waals surface area (Å²) in [4.78, 5) is 14.6. The van der Waals surface area contributed by atoms with Gasteiger partial charge in [-0.25, -0.2) is 4.68 Å². The van der Waals surface area contributed by atoms with Gasteiger partial charge in [-0.1, -0.05) is 48.5 Å². The van der Waals surface area contributed by atoms with Gasteiger partial charge >= 0.3 is 0 Å². The van der Waals surface area contributed by atoms with Crippen LogP contribution < -0.4 is 0 Å². The molecule has 5 nitrogen and oxygen atoms in total. The first kappa shape index (κ1) is 17.9. The molecule has 26 heavy (non-hydrogen) atoms. The highest BCUT2D eigenvalue weighted by Crippen LogP contribution is 2.15. The van der Waals surface area contributed by atoms with E-state index in [2.05, 4.69) is 5.10 Å². The molecule has 1 aromatic heterocycles. The Labute approximate surface area is 153 Å². The Morgan fingerprint density at radius 2 is 1.65 bits per heavy atom. The van der Waals surface area contributed by atoms with Crippen LogP contribution >= 0.6 is 0 Å². The fourth-order valence-electron chi connectivity index (χ4n) is 2.79. The average molecular weight is 349 g/mol. The lowest BCUT2D eigenvalue weighted by Crippen LogP contribution is -2.42. The molecule has 0 unspecified atom stereocenters. The SMILES string of the molecule is CC(C)(O)CN(Cc1ccccc1)C(=O)c1ccn(-c2ccccc2)n1. The molecule has 3 aromatic rings. The molecule has 0 atom stereocenters. The third-order valence-corrected chi connectivity index (χ3v) is 3.91. The molecule has 5 heteroatoms. The van der Waals surface area contributed by atoms with Gasteiger partial charge in [0.1, 0.15) is 0 Å². The van der Waals surface area contributed by atoms with Crippen molar-refractivity contribution in [3.05, 3.63) is 84.2 Å². The molecule has 0 aliphatic rings. The van der Waals surface area contributed by atoms with E-state index in [4.69, 9.17) is 0 Å². The minimum absolute atomic E-state index is 0.203. The number of aromatic nitrogens is 2. The highest BCUT2D eigenvalue weighted by atomic mass is 16.3. The zero-order valence-electron chi connectivity index (χ0n) is 15.0. The van der Waals surface area contributed by atoms with Gasteiger partial charge in [0.15, 0.2) is 5.69 Å². The van der Waals surface area contributed by atoms with Crippen LogP contribution in [0.1, 0.15) is 29.9 Å². The highest BCUT2D eigenvalue weighted by molar-refractivity contribution is 5.92. The molecule has 0 aliphatic heterocycles. The number of carbonyl (C=O) groups is 1. The molecule has 3 rings (SSSR count). The zero-order chi connectivity index (χ0) is 18.6. The maximum Gasteiger partial charge on any atom is 0.274 e. The van der Waals surface area contributed by atoms with Gasteiger partial charge in [-0.2, -0.15) is 5.10 Å². The van der Waals surface area contributed by atoms with E-state index in [1.54, 1.807) is 35.7 Å². The number of para-hydroxylation sites is 1. The molecule has 0 saturated carbocycles. The van der Waals surface area contributed by atoms with Crippen LogP contribution in [0.3, 0.4) is 0 Å². The summed E-state index contributed by atoms with van der Waals surface area (Å²) in [5, 5.41) is 14.6. The third-order valence-electron chi connectivity index (χ3n) is 3.91. The summed E-state index contributed by atoms with van der Waals surface area (Å²) in [6, 6.07) is 21.1. The summed E-state index contributed by atoms with van der Waals surface area (Å²) in [5.74, 6) is -0.203. The Kier molecular flexibility index (Phi) is 5.19. The lowest BCUT2D eigenvalue weighted by atomic mass is 10.1. The molecule has 0 fully saturated rings. The van der Waals surface area contributed by atoms with Crippen molar-refractivity contribution < 1.29 is 9.90 Å². The van der Waals surface area contributed by atoms with E-state index in [1.165, 1.54) is 0 Å². The number of nitrogens with zero attached hydrogens (tertiary/aromatic N) is 3. The summed E-state index contributed by atoms with van der Waals surface area (Å²) in [6.07, 6.45) is 1.77. The van der Waals surface area contributed by atoms with E-state index >= 15 is 0 Å². The molecular formula is C21H23N3O2. The van der Waals surface area contributed by atoms with Gasteiger partial charge in [0.2, 0.25) is 0 Å². The predicted octanol–water partition coefficient (Wildman–Crippen LogP) is 3.29. The minimum Gasteiger partial charge on any atom is -0.389 e. The minimum atomic E-state index is -0.994. The Morgan fingerprint density at radius 3 is 2.27 bits per heavy atom. The lowest BCUT2D eigenvalue weighted by Gasteiger charge is -2.28. The zero-order valence-corrected chi connectivity index (χ0v) is 15.0. The van der Waals surface area contributed by atoms with E-state index in [1.807, 2.05) is 60.7 Å². The molecule has 0 saturated heterocycles. The van der Waals surface area contributed by atoms with Crippen LogP contribution in [0.25, 0.3) is 5.69 Å². The van der Waals surface area contributed by atoms with Gasteiger partial charge in [0.05, 0.1) is 11.3 Å². The Bertz CT molecular complexity index is 852. The standard InChI is InChI=1S/C21H23N3O2/c1-21(2,26)16-23(15-17-9-5-3-6-10-17)20(25)19-13-14-24(22-19)18-11-7-4-8-12-18/h3-14,26H,15-16H2,1-2H3. The van der Waals surface area contributed by atoms with Gasteiger partial charge in [-0.15, -0.1) is 0 Å². The van der Waals surface area contributed by atoms with Gasteiger partial charge in [0, 0.05) is 19.3 Å². The van der Waals surface area contributed by atoms with Crippen LogP contribution in [0.4, 0.5) is 0 Å². The van der Waals surface area contributed by atoms with Crippen molar-refractivity contribution in [2.24, 2.45) is 0 Å². The molecule has 134 valence electrons. The van der Waals surface area contributed by atoms with Crippen molar-refractivity contribution in [2.75, 3.05) is 6.54 Å². The molecule has 0 spiro atoms. The molecule has 0 aliphatic carbocycles. The number of benzene rings is 2. The number of rotatable bonds is 6. The van der Waals surface area contributed by atoms with Crippen molar-refractivity contribution in [3.63, 3.8) is 0 Å². The van der Waals surface area contributed by atoms with Crippen LogP contribution in [0, 0.1) is 0 Å². The Hall–Kier alpha value is -2.92. The Balaban J connectivity index is 1.84. The molecule has 1 amide bonds. The van der Waals surface area contributed by atoms with Crippen LogP contribution in [-0.2, 0) is 6.54 Å². The van der Waals surface area contributed by atoms with Crippen molar-refractivity contribution in [1.82, 2.24) is 14.7 Å². The predicted molar refractivity (Wildman–Crippen MR) is 101 cm³/mol. The van der Waals surface area contributed by atoms with Gasteiger partial charge in [-0.05, 0) is 37.6 Å². The van der Waals surface area contributed by atoms with Gasteiger partial charge < -0.3 is 10.0 Å². The van der Waals surface area contributed by atoms with E-state index in [0.29, 0.717) is 12.2 Å². The smallest absolute Gasteiger partial charge is 0.274 e. The number of aliphatic hydroxyl groups is 1. The number of carbonyl (C=O) groups excluding carboxylic acids is 1. The normalized spacial score (nSPS) is 11.3. The average Bonchev–Trinajstić information content (AvgIpc) is 3.11. The van der Waals surface area contributed by atoms with E-state index in [9.17, 15) is 9.90 Å². The van der Waals surface area contributed by atoms with Crippen LogP contribution in [-0.4, -0.2) is 37.8 Å². The highest BCUT2D eigenvalue weighted by Gasteiger charge is 2.25. The van der Waals surface area contributed by atoms with Crippen LogP contribution in [0.2, 0.25) is 0 Å². The summed E-state index contributed by atoms with van der Waals surface area (Å²) in [5.41, 5.74) is 1.26. The fraction of sp³-hybridized carbons (Fsp3) is 0.238. The maximum absolute atomic E-state index is 13.0. The second kappa shape index (κ2) is 7.54. The van der Waals surface area contributed by atoms with Crippen LogP contribution in [0.15, 0.2) is 72.9 Å². The first-order chi connectivity index (χ1) is 12.4. The first-order valence-corrected chi connectivity index (χ1v) is 8.59. The summed E-state index contributed by atoms with van der Waals surface area (Å²) in [7, 11) is 0. The second-order valence-electron chi connectivity index (χ2n) is 6.94. The van der Waals surface area contributed by atoms with Gasteiger partial charge in [-0.3, -0.25) is 4.79 Å². The lowest BCUT2D eigenvalue weighted by molar-refractivity contribution is 0.0276. The second-order valence-corrected chi connectivity index (χ2v) is 6.94. The summed E-state index contributed by atoms with van der Waals surface area (Å²) in [6.45, 7) is 4.03. The monoisotopic (exact) mass is 349 g/mol. The Morgan fingerprint density at radius 1 is 1.04 bits per heavy atom. The van der Waals surface area contributed by atoms with Crippen molar-refractivity contribution >= 4 is 5.91 Å². The van der Waals surface area contributed by atoms with Crippen molar-refractivity contribution in [3.8, 4) is 5.69 Å². The number of hydrogen-bond donors (Lipinski definition) is 1. The first-order valence-electron chi connectivity index (χ1n) is 8.59. The van der Waals surface area contributed by atoms with E-state index in [0.717, 1.165) is 11.3 Å². The quantitative estimate of drug-likeness (QED) is 0.743.